The molecule has 0 spiro atoms. The lowest BCUT2D eigenvalue weighted by Gasteiger charge is -2.25. The average Bonchev–Trinajstić information content (AvgIpc) is 3.24. The Labute approximate surface area is 157 Å². The zero-order chi connectivity index (χ0) is 19.4. The summed E-state index contributed by atoms with van der Waals surface area (Å²) in [4.78, 5) is 38.5. The predicted octanol–water partition coefficient (Wildman–Crippen LogP) is 0.183. The van der Waals surface area contributed by atoms with Crippen LogP contribution >= 0.6 is 0 Å². The van der Waals surface area contributed by atoms with Gasteiger partial charge in [0.15, 0.2) is 12.3 Å². The Kier molecular flexibility index (Phi) is 5.27. The van der Waals surface area contributed by atoms with Crippen LogP contribution < -0.4 is 15.6 Å². The summed E-state index contributed by atoms with van der Waals surface area (Å²) in [6.45, 7) is 2.42. The maximum atomic E-state index is 13.0. The molecule has 3 N–H and O–H groups in total. The molecule has 8 heteroatoms. The van der Waals surface area contributed by atoms with Crippen molar-refractivity contribution in [2.24, 2.45) is 0 Å². The van der Waals surface area contributed by atoms with Gasteiger partial charge in [-0.2, -0.15) is 5.01 Å². The third kappa shape index (κ3) is 3.70. The van der Waals surface area contributed by atoms with Crippen LogP contribution in [-0.2, 0) is 21.7 Å². The van der Waals surface area contributed by atoms with E-state index in [1.165, 1.54) is 0 Å². The summed E-state index contributed by atoms with van der Waals surface area (Å²) in [5.41, 5.74) is 1.94. The number of furan rings is 1. The molecule has 0 bridgehead atoms. The lowest BCUT2D eigenvalue weighted by Crippen LogP contribution is -3.09. The van der Waals surface area contributed by atoms with Crippen LogP contribution in [-0.4, -0.2) is 36.4 Å². The van der Waals surface area contributed by atoms with E-state index in [0.29, 0.717) is 18.5 Å². The van der Waals surface area contributed by atoms with Crippen LogP contribution in [0.5, 0.6) is 0 Å². The molecule has 1 unspecified atom stereocenters. The number of hydrogen-bond acceptors (Lipinski definition) is 4. The fourth-order valence-corrected chi connectivity index (χ4v) is 3.25. The highest BCUT2D eigenvalue weighted by molar-refractivity contribution is 6.08. The number of carbonyl (C=O) groups excluding carboxylic acids is 3. The Balaban J connectivity index is 1.67. The topological polar surface area (TPSA) is 96.1 Å². The molecule has 27 heavy (non-hydrogen) atoms. The molecule has 0 saturated carbocycles. The first-order chi connectivity index (χ1) is 13.0. The van der Waals surface area contributed by atoms with E-state index in [9.17, 15) is 14.4 Å². The summed E-state index contributed by atoms with van der Waals surface area (Å²) in [6, 6.07) is 12.0. The molecule has 1 saturated heterocycles. The van der Waals surface area contributed by atoms with E-state index in [2.05, 4.69) is 10.7 Å². The summed E-state index contributed by atoms with van der Waals surface area (Å²) in [7, 11) is 1.83. The number of imide groups is 1. The first-order valence-corrected chi connectivity index (χ1v) is 8.81. The molecule has 2 heterocycles. The number of carbonyl (C=O) groups is 3. The summed E-state index contributed by atoms with van der Waals surface area (Å²) in [5.74, 6) is -0.162. The van der Waals surface area contributed by atoms with Gasteiger partial charge in [-0.15, -0.1) is 0 Å². The number of urea groups is 1. The van der Waals surface area contributed by atoms with Crippen molar-refractivity contribution < 1.29 is 23.7 Å². The molecule has 1 aromatic carbocycles. The number of quaternary nitrogens is 1. The first kappa shape index (κ1) is 18.7. The van der Waals surface area contributed by atoms with Crippen molar-refractivity contribution in [2.45, 2.75) is 25.4 Å². The van der Waals surface area contributed by atoms with Crippen molar-refractivity contribution in [2.75, 3.05) is 13.6 Å². The lowest BCUT2D eigenvalue weighted by molar-refractivity contribution is -0.886. The van der Waals surface area contributed by atoms with Crippen LogP contribution in [0.3, 0.4) is 0 Å². The van der Waals surface area contributed by atoms with Crippen LogP contribution in [0, 0.1) is 0 Å². The molecule has 142 valence electrons. The Morgan fingerprint density at radius 3 is 2.59 bits per heavy atom. The van der Waals surface area contributed by atoms with Gasteiger partial charge in [0.2, 0.25) is 0 Å². The standard InChI is InChI=1S/C19H22N4O4/c1-3-19(14-8-5-4-6-9-14)17(25)23(18(26)20-19)21-16(24)13-22(2)12-15-10-7-11-27-15/h4-11H,3,12-13H2,1-2H3,(H,20,26)(H,21,24)/p+1/t19-/m1/s1. The van der Waals surface area contributed by atoms with Crippen molar-refractivity contribution in [1.82, 2.24) is 15.8 Å². The van der Waals surface area contributed by atoms with Gasteiger partial charge in [0.25, 0.3) is 11.8 Å². The monoisotopic (exact) mass is 371 g/mol. The van der Waals surface area contributed by atoms with Gasteiger partial charge >= 0.3 is 6.03 Å². The van der Waals surface area contributed by atoms with E-state index in [4.69, 9.17) is 4.42 Å². The highest BCUT2D eigenvalue weighted by Gasteiger charge is 2.52. The smallest absolute Gasteiger partial charge is 0.344 e. The van der Waals surface area contributed by atoms with Gasteiger partial charge in [-0.3, -0.25) is 15.0 Å². The molecule has 0 aliphatic carbocycles. The maximum Gasteiger partial charge on any atom is 0.344 e. The van der Waals surface area contributed by atoms with Gasteiger partial charge < -0.3 is 14.6 Å². The van der Waals surface area contributed by atoms with Crippen molar-refractivity contribution in [1.29, 1.82) is 0 Å². The van der Waals surface area contributed by atoms with E-state index < -0.39 is 23.4 Å². The van der Waals surface area contributed by atoms with Crippen molar-refractivity contribution in [3.05, 3.63) is 60.1 Å². The third-order valence-electron chi connectivity index (χ3n) is 4.64. The minimum Gasteiger partial charge on any atom is -0.463 e. The number of benzene rings is 1. The second-order valence-electron chi connectivity index (χ2n) is 6.62. The Morgan fingerprint density at radius 1 is 1.22 bits per heavy atom. The first-order valence-electron chi connectivity index (χ1n) is 8.81. The molecule has 0 radical (unpaired) electrons. The van der Waals surface area contributed by atoms with Crippen molar-refractivity contribution in [3.63, 3.8) is 0 Å². The van der Waals surface area contributed by atoms with Crippen molar-refractivity contribution >= 4 is 17.8 Å². The number of likely N-dealkylation sites (N-methyl/N-ethyl adjacent to an activating group) is 1. The molecule has 2 aromatic rings. The van der Waals surface area contributed by atoms with E-state index >= 15 is 0 Å². The molecule has 2 atom stereocenters. The molecule has 3 rings (SSSR count). The number of amides is 4. The molecule has 1 fully saturated rings. The number of hydrazine groups is 1. The maximum absolute atomic E-state index is 13.0. The van der Waals surface area contributed by atoms with E-state index in [1.54, 1.807) is 36.6 Å². The third-order valence-corrected chi connectivity index (χ3v) is 4.64. The Morgan fingerprint density at radius 2 is 1.96 bits per heavy atom. The largest absolute Gasteiger partial charge is 0.463 e. The second kappa shape index (κ2) is 7.63. The fraction of sp³-hybridized carbons (Fsp3) is 0.316. The summed E-state index contributed by atoms with van der Waals surface area (Å²) in [5, 5.41) is 3.51. The van der Waals surface area contributed by atoms with E-state index in [1.807, 2.05) is 26.1 Å². The molecule has 1 aliphatic heterocycles. The van der Waals surface area contributed by atoms with Crippen LogP contribution in [0.25, 0.3) is 0 Å². The van der Waals surface area contributed by atoms with Crippen LogP contribution in [0.1, 0.15) is 24.7 Å². The SMILES string of the molecule is CC[C@]1(c2ccccc2)NC(=O)N(NC(=O)C[NH+](C)Cc2ccco2)C1=O. The molecule has 4 amide bonds. The van der Waals surface area contributed by atoms with E-state index in [-0.39, 0.29) is 6.54 Å². The zero-order valence-corrected chi connectivity index (χ0v) is 15.3. The van der Waals surface area contributed by atoms with E-state index in [0.717, 1.165) is 15.7 Å². The number of nitrogens with one attached hydrogen (secondary N) is 3. The minimum absolute atomic E-state index is 0.0855. The predicted molar refractivity (Wildman–Crippen MR) is 96.1 cm³/mol. The molecular weight excluding hydrogens is 348 g/mol. The number of rotatable bonds is 7. The average molecular weight is 371 g/mol. The second-order valence-corrected chi connectivity index (χ2v) is 6.62. The summed E-state index contributed by atoms with van der Waals surface area (Å²) in [6.07, 6.45) is 1.95. The normalized spacial score (nSPS) is 20.4. The van der Waals surface area contributed by atoms with Gasteiger partial charge in [0, 0.05) is 0 Å². The zero-order valence-electron chi connectivity index (χ0n) is 15.3. The highest BCUT2D eigenvalue weighted by Crippen LogP contribution is 2.31. The van der Waals surface area contributed by atoms with Crippen LogP contribution in [0.2, 0.25) is 0 Å². The number of hydrogen-bond donors (Lipinski definition) is 3. The minimum atomic E-state index is -1.17. The van der Waals surface area contributed by atoms with Crippen LogP contribution in [0.4, 0.5) is 4.79 Å². The molecular formula is C19H23N4O4+. The molecule has 8 nitrogen and oxygen atoms in total. The molecule has 1 aliphatic rings. The van der Waals surface area contributed by atoms with Gasteiger partial charge in [-0.25, -0.2) is 4.79 Å². The van der Waals surface area contributed by atoms with Gasteiger partial charge in [0.1, 0.15) is 12.1 Å². The molecule has 1 aromatic heterocycles. The number of nitrogens with zero attached hydrogens (tertiary/aromatic N) is 1. The fourth-order valence-electron chi connectivity index (χ4n) is 3.25. The summed E-state index contributed by atoms with van der Waals surface area (Å²) < 4.78 is 5.26. The van der Waals surface area contributed by atoms with Crippen molar-refractivity contribution in [3.8, 4) is 0 Å². The summed E-state index contributed by atoms with van der Waals surface area (Å²) >= 11 is 0. The Hall–Kier alpha value is -3.13. The van der Waals surface area contributed by atoms with Crippen LogP contribution in [0.15, 0.2) is 53.1 Å². The van der Waals surface area contributed by atoms with Gasteiger partial charge in [-0.1, -0.05) is 37.3 Å². The quantitative estimate of drug-likeness (QED) is 0.605. The van der Waals surface area contributed by atoms with Gasteiger partial charge in [0.05, 0.1) is 13.3 Å². The lowest BCUT2D eigenvalue weighted by atomic mass is 9.87. The Bertz CT molecular complexity index is 821. The van der Waals surface area contributed by atoms with Gasteiger partial charge in [-0.05, 0) is 24.1 Å². The highest BCUT2D eigenvalue weighted by atomic mass is 16.3.